The number of benzene rings is 1. The maximum Gasteiger partial charge on any atom is 0.146 e. The van der Waals surface area contributed by atoms with E-state index in [0.29, 0.717) is 5.69 Å². The predicted molar refractivity (Wildman–Crippen MR) is 62.9 cm³/mol. The van der Waals surface area contributed by atoms with Crippen LogP contribution in [-0.2, 0) is 0 Å². The molecule has 0 aromatic heterocycles. The lowest BCUT2D eigenvalue weighted by Crippen LogP contribution is -1.96. The number of hydrogen-bond acceptors (Lipinski definition) is 2. The molecule has 0 fully saturated rings. The Morgan fingerprint density at radius 1 is 1.47 bits per heavy atom. The van der Waals surface area contributed by atoms with Gasteiger partial charge in [0.1, 0.15) is 5.82 Å². The second-order valence-electron chi connectivity index (χ2n) is 3.16. The summed E-state index contributed by atoms with van der Waals surface area (Å²) < 4.78 is 13.3. The fraction of sp³-hybridized carbons (Fsp3) is 0.167. The Bertz CT molecular complexity index is 383. The Kier molecular flexibility index (Phi) is 3.92. The van der Waals surface area contributed by atoms with Gasteiger partial charge in [0.2, 0.25) is 0 Å². The highest BCUT2D eigenvalue weighted by Gasteiger charge is 2.02. The molecule has 3 heteroatoms. The molecule has 0 spiro atoms. The number of halogens is 1. The lowest BCUT2D eigenvalue weighted by Gasteiger charge is -2.06. The molecule has 0 aliphatic heterocycles. The third kappa shape index (κ3) is 2.84. The molecule has 80 valence electrons. The van der Waals surface area contributed by atoms with Crippen LogP contribution in [0.15, 0.2) is 37.2 Å². The van der Waals surface area contributed by atoms with Crippen LogP contribution in [0, 0.1) is 5.82 Å². The van der Waals surface area contributed by atoms with Crippen LogP contribution < -0.4 is 10.6 Å². The van der Waals surface area contributed by atoms with E-state index in [1.165, 1.54) is 12.3 Å². The van der Waals surface area contributed by atoms with Crippen molar-refractivity contribution in [3.8, 4) is 0 Å². The summed E-state index contributed by atoms with van der Waals surface area (Å²) in [6.07, 6.45) is 3.32. The molecule has 15 heavy (non-hydrogen) atoms. The first-order chi connectivity index (χ1) is 7.19. The van der Waals surface area contributed by atoms with E-state index in [9.17, 15) is 4.39 Å². The standard InChI is InChI=1S/C12H15FN2/c1-4-15-12-7-10(5-6-11(12)13)9(2)8-14-3/h4-8,14-15H,1H2,2-3H3/b9-8+. The van der Waals surface area contributed by atoms with E-state index in [-0.39, 0.29) is 5.82 Å². The maximum atomic E-state index is 13.3. The van der Waals surface area contributed by atoms with Gasteiger partial charge in [-0.05, 0) is 42.6 Å². The normalized spacial score (nSPS) is 11.0. The van der Waals surface area contributed by atoms with E-state index in [1.54, 1.807) is 12.1 Å². The van der Waals surface area contributed by atoms with E-state index in [0.717, 1.165) is 11.1 Å². The first-order valence-corrected chi connectivity index (χ1v) is 4.70. The zero-order valence-electron chi connectivity index (χ0n) is 8.97. The smallest absolute Gasteiger partial charge is 0.146 e. The summed E-state index contributed by atoms with van der Waals surface area (Å²) in [7, 11) is 1.83. The summed E-state index contributed by atoms with van der Waals surface area (Å²) in [5, 5.41) is 5.69. The molecule has 0 saturated carbocycles. The van der Waals surface area contributed by atoms with Crippen LogP contribution in [0.1, 0.15) is 12.5 Å². The lowest BCUT2D eigenvalue weighted by molar-refractivity contribution is 0.631. The van der Waals surface area contributed by atoms with Crippen molar-refractivity contribution in [3.05, 3.63) is 48.6 Å². The van der Waals surface area contributed by atoms with Gasteiger partial charge in [-0.25, -0.2) is 4.39 Å². The number of nitrogens with one attached hydrogen (secondary N) is 2. The van der Waals surface area contributed by atoms with Gasteiger partial charge in [-0.3, -0.25) is 0 Å². The lowest BCUT2D eigenvalue weighted by atomic mass is 10.1. The quantitative estimate of drug-likeness (QED) is 0.791. The molecule has 0 unspecified atom stereocenters. The van der Waals surface area contributed by atoms with E-state index < -0.39 is 0 Å². The highest BCUT2D eigenvalue weighted by Crippen LogP contribution is 2.21. The van der Waals surface area contributed by atoms with Gasteiger partial charge in [0.15, 0.2) is 0 Å². The van der Waals surface area contributed by atoms with Crippen molar-refractivity contribution in [2.24, 2.45) is 0 Å². The average molecular weight is 206 g/mol. The van der Waals surface area contributed by atoms with E-state index in [2.05, 4.69) is 17.2 Å². The first-order valence-electron chi connectivity index (χ1n) is 4.70. The van der Waals surface area contributed by atoms with Crippen LogP contribution in [0.25, 0.3) is 5.57 Å². The van der Waals surface area contributed by atoms with Crippen molar-refractivity contribution in [3.63, 3.8) is 0 Å². The summed E-state index contributed by atoms with van der Waals surface area (Å²) in [5.74, 6) is -0.282. The molecule has 0 bridgehead atoms. The largest absolute Gasteiger partial charge is 0.394 e. The van der Waals surface area contributed by atoms with Crippen LogP contribution in [0.3, 0.4) is 0 Å². The van der Waals surface area contributed by atoms with Gasteiger partial charge in [-0.1, -0.05) is 12.6 Å². The molecule has 0 heterocycles. The maximum absolute atomic E-state index is 13.3. The number of allylic oxidation sites excluding steroid dienone is 1. The molecule has 0 atom stereocenters. The molecule has 1 rings (SSSR count). The fourth-order valence-electron chi connectivity index (χ4n) is 1.29. The van der Waals surface area contributed by atoms with E-state index in [4.69, 9.17) is 0 Å². The van der Waals surface area contributed by atoms with Gasteiger partial charge in [-0.2, -0.15) is 0 Å². The Morgan fingerprint density at radius 3 is 2.80 bits per heavy atom. The molecule has 0 radical (unpaired) electrons. The van der Waals surface area contributed by atoms with E-state index in [1.807, 2.05) is 20.2 Å². The topological polar surface area (TPSA) is 24.1 Å². The fourth-order valence-corrected chi connectivity index (χ4v) is 1.29. The van der Waals surface area contributed by atoms with E-state index >= 15 is 0 Å². The number of rotatable bonds is 4. The molecular weight excluding hydrogens is 191 g/mol. The van der Waals surface area contributed by atoms with Crippen LogP contribution in [0.4, 0.5) is 10.1 Å². The summed E-state index contributed by atoms with van der Waals surface area (Å²) >= 11 is 0. The highest BCUT2D eigenvalue weighted by molar-refractivity contribution is 5.67. The zero-order valence-corrected chi connectivity index (χ0v) is 8.97. The minimum atomic E-state index is -0.282. The molecule has 1 aromatic rings. The van der Waals surface area contributed by atoms with Crippen molar-refractivity contribution in [2.45, 2.75) is 6.92 Å². The summed E-state index contributed by atoms with van der Waals surface area (Å²) in [6.45, 7) is 5.46. The first kappa shape index (κ1) is 11.3. The highest BCUT2D eigenvalue weighted by atomic mass is 19.1. The third-order valence-corrected chi connectivity index (χ3v) is 2.04. The van der Waals surface area contributed by atoms with Crippen LogP contribution in [0.2, 0.25) is 0 Å². The van der Waals surface area contributed by atoms with Gasteiger partial charge in [0.05, 0.1) is 5.69 Å². The number of hydrogen-bond donors (Lipinski definition) is 2. The van der Waals surface area contributed by atoms with Crippen molar-refractivity contribution >= 4 is 11.3 Å². The summed E-state index contributed by atoms with van der Waals surface area (Å²) in [6, 6.07) is 4.93. The minimum Gasteiger partial charge on any atom is -0.394 e. The monoisotopic (exact) mass is 206 g/mol. The van der Waals surface area contributed by atoms with Gasteiger partial charge in [0.25, 0.3) is 0 Å². The SMILES string of the molecule is C=CNc1cc(/C(C)=C/NC)ccc1F. The molecule has 1 aromatic carbocycles. The zero-order chi connectivity index (χ0) is 11.3. The van der Waals surface area contributed by atoms with Crippen molar-refractivity contribution in [1.82, 2.24) is 5.32 Å². The second-order valence-corrected chi connectivity index (χ2v) is 3.16. The Hall–Kier alpha value is -1.77. The molecule has 0 aliphatic rings. The minimum absolute atomic E-state index is 0.282. The molecular formula is C12H15FN2. The molecule has 2 nitrogen and oxygen atoms in total. The van der Waals surface area contributed by atoms with Crippen LogP contribution in [0.5, 0.6) is 0 Å². The second kappa shape index (κ2) is 5.20. The molecule has 0 amide bonds. The Balaban J connectivity index is 3.06. The summed E-state index contributed by atoms with van der Waals surface area (Å²) in [5.41, 5.74) is 2.45. The predicted octanol–water partition coefficient (Wildman–Crippen LogP) is 2.96. The Morgan fingerprint density at radius 2 is 2.20 bits per heavy atom. The molecule has 0 aliphatic carbocycles. The van der Waals surface area contributed by atoms with Crippen molar-refractivity contribution in [1.29, 1.82) is 0 Å². The third-order valence-electron chi connectivity index (χ3n) is 2.04. The average Bonchev–Trinajstić information content (AvgIpc) is 2.22. The van der Waals surface area contributed by atoms with Gasteiger partial charge < -0.3 is 10.6 Å². The Labute approximate surface area is 89.5 Å². The van der Waals surface area contributed by atoms with Gasteiger partial charge in [0, 0.05) is 7.05 Å². The molecule has 0 saturated heterocycles. The van der Waals surface area contributed by atoms with Gasteiger partial charge >= 0.3 is 0 Å². The summed E-state index contributed by atoms with van der Waals surface area (Å²) in [4.78, 5) is 0. The van der Waals surface area contributed by atoms with Crippen LogP contribution in [-0.4, -0.2) is 7.05 Å². The molecule has 2 N–H and O–H groups in total. The van der Waals surface area contributed by atoms with Gasteiger partial charge in [-0.15, -0.1) is 0 Å². The van der Waals surface area contributed by atoms with Crippen LogP contribution >= 0.6 is 0 Å². The van der Waals surface area contributed by atoms with Crippen molar-refractivity contribution in [2.75, 3.05) is 12.4 Å². The van der Waals surface area contributed by atoms with Crippen molar-refractivity contribution < 1.29 is 4.39 Å². The number of anilines is 1.